The van der Waals surface area contributed by atoms with Crippen molar-refractivity contribution in [3.05, 3.63) is 0 Å². The average Bonchev–Trinajstić information content (AvgIpc) is 2.88. The lowest BCUT2D eigenvalue weighted by Crippen LogP contribution is -2.56. The monoisotopic (exact) mass is 254 g/mol. The van der Waals surface area contributed by atoms with Crippen LogP contribution in [0, 0.1) is 5.92 Å². The van der Waals surface area contributed by atoms with E-state index in [0.717, 1.165) is 26.4 Å². The molecule has 3 aliphatic rings. The van der Waals surface area contributed by atoms with Crippen molar-refractivity contribution in [2.24, 2.45) is 5.92 Å². The van der Waals surface area contributed by atoms with Crippen molar-refractivity contribution >= 4 is 0 Å². The molecule has 1 N–H and O–H groups in total. The summed E-state index contributed by atoms with van der Waals surface area (Å²) in [5.41, 5.74) is 0. The Morgan fingerprint density at radius 3 is 2.94 bits per heavy atom. The molecule has 0 amide bonds. The first-order chi connectivity index (χ1) is 8.88. The van der Waals surface area contributed by atoms with E-state index in [9.17, 15) is 0 Å². The topological polar surface area (TPSA) is 33.7 Å². The Balaban J connectivity index is 1.60. The van der Waals surface area contributed by atoms with Crippen LogP contribution in [0.5, 0.6) is 0 Å². The van der Waals surface area contributed by atoms with Crippen LogP contribution in [-0.4, -0.2) is 63.0 Å². The lowest BCUT2D eigenvalue weighted by molar-refractivity contribution is -0.0844. The Hall–Kier alpha value is -0.160. The lowest BCUT2D eigenvalue weighted by atomic mass is 9.89. The summed E-state index contributed by atoms with van der Waals surface area (Å²) in [6.07, 6.45) is 5.48. The van der Waals surface area contributed by atoms with Crippen LogP contribution in [0.4, 0.5) is 0 Å². The molecule has 0 saturated carbocycles. The normalized spacial score (nSPS) is 39.5. The second-order valence-electron chi connectivity index (χ2n) is 5.95. The molecule has 0 radical (unpaired) electrons. The number of nitrogens with one attached hydrogen (secondary N) is 1. The van der Waals surface area contributed by atoms with Crippen molar-refractivity contribution in [1.82, 2.24) is 10.2 Å². The van der Waals surface area contributed by atoms with E-state index in [2.05, 4.69) is 17.3 Å². The summed E-state index contributed by atoms with van der Waals surface area (Å²) >= 11 is 0. The molecule has 3 fully saturated rings. The third-order valence-electron chi connectivity index (χ3n) is 4.85. The highest BCUT2D eigenvalue weighted by molar-refractivity contribution is 4.92. The van der Waals surface area contributed by atoms with Crippen LogP contribution in [0.25, 0.3) is 0 Å². The third-order valence-corrected chi connectivity index (χ3v) is 4.85. The van der Waals surface area contributed by atoms with Gasteiger partial charge >= 0.3 is 0 Å². The van der Waals surface area contributed by atoms with Gasteiger partial charge in [-0.1, -0.05) is 0 Å². The first-order valence-electron chi connectivity index (χ1n) is 7.49. The summed E-state index contributed by atoms with van der Waals surface area (Å²) in [6.45, 7) is 5.13. The second-order valence-corrected chi connectivity index (χ2v) is 5.95. The molecule has 0 aliphatic carbocycles. The number of ether oxygens (including phenoxy) is 2. The number of rotatable bonds is 3. The molecule has 0 aromatic heterocycles. The fraction of sp³-hybridized carbons (Fsp3) is 1.00. The molecule has 18 heavy (non-hydrogen) atoms. The minimum absolute atomic E-state index is 0.344. The highest BCUT2D eigenvalue weighted by atomic mass is 16.5. The zero-order valence-electron chi connectivity index (χ0n) is 11.4. The quantitative estimate of drug-likeness (QED) is 0.810. The standard InChI is InChI=1S/C14H26N2O2/c1-15-14(11-4-3-7-17-9-11)13-8-16-6-2-5-12(16)10-18-13/h11-15H,2-10H2,1H3. The summed E-state index contributed by atoms with van der Waals surface area (Å²) in [4.78, 5) is 2.63. The molecule has 0 spiro atoms. The maximum Gasteiger partial charge on any atom is 0.0859 e. The maximum absolute atomic E-state index is 6.14. The molecular formula is C14H26N2O2. The largest absolute Gasteiger partial charge is 0.381 e. The van der Waals surface area contributed by atoms with Gasteiger partial charge in [0.25, 0.3) is 0 Å². The third kappa shape index (κ3) is 2.57. The molecule has 0 aromatic rings. The molecule has 4 atom stereocenters. The Morgan fingerprint density at radius 1 is 1.22 bits per heavy atom. The molecule has 4 nitrogen and oxygen atoms in total. The van der Waals surface area contributed by atoms with E-state index in [4.69, 9.17) is 9.47 Å². The predicted octanol–water partition coefficient (Wildman–Crippen LogP) is 0.864. The van der Waals surface area contributed by atoms with E-state index in [1.165, 1.54) is 32.2 Å². The smallest absolute Gasteiger partial charge is 0.0859 e. The van der Waals surface area contributed by atoms with Gasteiger partial charge in [-0.05, 0) is 39.3 Å². The fourth-order valence-corrected chi connectivity index (χ4v) is 3.83. The van der Waals surface area contributed by atoms with Crippen molar-refractivity contribution in [1.29, 1.82) is 0 Å². The predicted molar refractivity (Wildman–Crippen MR) is 70.7 cm³/mol. The minimum Gasteiger partial charge on any atom is -0.381 e. The van der Waals surface area contributed by atoms with E-state index in [1.807, 2.05) is 0 Å². The number of morpholine rings is 1. The summed E-state index contributed by atoms with van der Waals surface area (Å²) in [6, 6.07) is 1.15. The first kappa shape index (κ1) is 12.9. The van der Waals surface area contributed by atoms with Crippen molar-refractivity contribution in [2.45, 2.75) is 43.9 Å². The summed E-state index contributed by atoms with van der Waals surface area (Å²) < 4.78 is 11.8. The molecule has 3 heterocycles. The van der Waals surface area contributed by atoms with Crippen molar-refractivity contribution in [2.75, 3.05) is 40.0 Å². The van der Waals surface area contributed by atoms with E-state index in [1.54, 1.807) is 0 Å². The molecule has 0 bridgehead atoms. The van der Waals surface area contributed by atoms with E-state index in [-0.39, 0.29) is 0 Å². The van der Waals surface area contributed by atoms with Crippen LogP contribution >= 0.6 is 0 Å². The number of nitrogens with zero attached hydrogens (tertiary/aromatic N) is 1. The summed E-state index contributed by atoms with van der Waals surface area (Å²) in [5, 5.41) is 3.49. The number of likely N-dealkylation sites (N-methyl/N-ethyl adjacent to an activating group) is 1. The van der Waals surface area contributed by atoms with Crippen molar-refractivity contribution in [3.8, 4) is 0 Å². The Kier molecular flexibility index (Phi) is 4.19. The minimum atomic E-state index is 0.344. The van der Waals surface area contributed by atoms with Crippen LogP contribution in [0.15, 0.2) is 0 Å². The molecule has 3 aliphatic heterocycles. The van der Waals surface area contributed by atoms with Crippen LogP contribution in [-0.2, 0) is 9.47 Å². The number of fused-ring (bicyclic) bond motifs is 1. The van der Waals surface area contributed by atoms with Crippen LogP contribution in [0.1, 0.15) is 25.7 Å². The molecule has 104 valence electrons. The van der Waals surface area contributed by atoms with Gasteiger partial charge in [0.15, 0.2) is 0 Å². The molecule has 3 rings (SSSR count). The number of hydrogen-bond donors (Lipinski definition) is 1. The van der Waals surface area contributed by atoms with Gasteiger partial charge in [-0.15, -0.1) is 0 Å². The molecular weight excluding hydrogens is 228 g/mol. The van der Waals surface area contributed by atoms with Gasteiger partial charge < -0.3 is 14.8 Å². The Morgan fingerprint density at radius 2 is 2.17 bits per heavy atom. The van der Waals surface area contributed by atoms with E-state index < -0.39 is 0 Å². The molecule has 4 unspecified atom stereocenters. The number of hydrogen-bond acceptors (Lipinski definition) is 4. The van der Waals surface area contributed by atoms with Crippen LogP contribution < -0.4 is 5.32 Å². The lowest BCUT2D eigenvalue weighted by Gasteiger charge is -2.42. The van der Waals surface area contributed by atoms with Crippen LogP contribution in [0.2, 0.25) is 0 Å². The Labute approximate surface area is 110 Å². The SMILES string of the molecule is CNC(C1CCCOC1)C1CN2CCCC2CO1. The zero-order valence-corrected chi connectivity index (χ0v) is 11.4. The summed E-state index contributed by atoms with van der Waals surface area (Å²) in [5.74, 6) is 0.618. The first-order valence-corrected chi connectivity index (χ1v) is 7.49. The fourth-order valence-electron chi connectivity index (χ4n) is 3.83. The van der Waals surface area contributed by atoms with Gasteiger partial charge in [0.05, 0.1) is 19.3 Å². The van der Waals surface area contributed by atoms with Crippen molar-refractivity contribution in [3.63, 3.8) is 0 Å². The van der Waals surface area contributed by atoms with Gasteiger partial charge in [-0.2, -0.15) is 0 Å². The molecule has 3 saturated heterocycles. The van der Waals surface area contributed by atoms with Gasteiger partial charge in [0.2, 0.25) is 0 Å². The zero-order chi connectivity index (χ0) is 12.4. The average molecular weight is 254 g/mol. The van der Waals surface area contributed by atoms with Gasteiger partial charge in [0.1, 0.15) is 0 Å². The van der Waals surface area contributed by atoms with Crippen LogP contribution in [0.3, 0.4) is 0 Å². The van der Waals surface area contributed by atoms with E-state index >= 15 is 0 Å². The highest BCUT2D eigenvalue weighted by Gasteiger charge is 2.38. The Bertz CT molecular complexity index is 269. The van der Waals surface area contributed by atoms with E-state index in [0.29, 0.717) is 24.1 Å². The summed E-state index contributed by atoms with van der Waals surface area (Å²) in [7, 11) is 2.07. The highest BCUT2D eigenvalue weighted by Crippen LogP contribution is 2.27. The molecule has 0 aromatic carbocycles. The van der Waals surface area contributed by atoms with Gasteiger partial charge in [-0.25, -0.2) is 0 Å². The second kappa shape index (κ2) is 5.87. The van der Waals surface area contributed by atoms with Crippen molar-refractivity contribution < 1.29 is 9.47 Å². The maximum atomic E-state index is 6.14. The molecule has 4 heteroatoms. The van der Waals surface area contributed by atoms with Gasteiger partial charge in [0, 0.05) is 31.2 Å². The van der Waals surface area contributed by atoms with Gasteiger partial charge in [-0.3, -0.25) is 4.90 Å².